The quantitative estimate of drug-likeness (QED) is 0.288. The maximum absolute atomic E-state index is 14.5. The van der Waals surface area contributed by atoms with Crippen LogP contribution in [0.3, 0.4) is 0 Å². The van der Waals surface area contributed by atoms with E-state index in [9.17, 15) is 24.3 Å². The first-order valence-corrected chi connectivity index (χ1v) is 14.7. The fourth-order valence-electron chi connectivity index (χ4n) is 4.79. The molecular weight excluding hydrogens is 550 g/mol. The summed E-state index contributed by atoms with van der Waals surface area (Å²) >= 11 is 0. The number of amides is 3. The second kappa shape index (κ2) is 15.2. The number of phenols is 1. The Morgan fingerprint density at radius 3 is 2.40 bits per heavy atom. The largest absolute Gasteiger partial charge is 0.508 e. The number of carbonyl (C=O) groups is 4. The van der Waals surface area contributed by atoms with E-state index in [0.717, 1.165) is 12.0 Å². The molecule has 2 atom stereocenters. The van der Waals surface area contributed by atoms with Crippen molar-refractivity contribution in [2.75, 3.05) is 13.2 Å². The number of benzene rings is 2. The number of ether oxygens (including phenoxy) is 2. The number of phenolic OH excluding ortho intramolecular Hbond substituents is 1. The van der Waals surface area contributed by atoms with Crippen LogP contribution in [0.25, 0.3) is 6.08 Å². The van der Waals surface area contributed by atoms with Gasteiger partial charge in [-0.05, 0) is 81.8 Å². The third kappa shape index (κ3) is 9.87. The summed E-state index contributed by atoms with van der Waals surface area (Å²) in [7, 11) is 0. The molecular formula is C33H43N3O7. The van der Waals surface area contributed by atoms with Gasteiger partial charge in [-0.1, -0.05) is 43.0 Å². The standard InChI is InChI=1S/C33H43N3O7/c1-6-22-10-8-11-24(20-22)29(30(39)34-19-18-28(38)42-7-2)36(25-12-9-13-25)31(40)27(35-32(41)43-33(3,4)5)21-23-14-16-26(37)17-15-23/h6,8,10-11,14-17,20,25,27,29,37H,1,7,9,12-13,18-19,21H2,2-5H3,(H,34,39)(H,35,41). The first kappa shape index (κ1) is 33.2. The van der Waals surface area contributed by atoms with Gasteiger partial charge in [0.15, 0.2) is 0 Å². The lowest BCUT2D eigenvalue weighted by Crippen LogP contribution is -2.58. The summed E-state index contributed by atoms with van der Waals surface area (Å²) < 4.78 is 10.5. The van der Waals surface area contributed by atoms with Crippen LogP contribution in [0.15, 0.2) is 55.1 Å². The zero-order valence-electron chi connectivity index (χ0n) is 25.4. The second-order valence-corrected chi connectivity index (χ2v) is 11.5. The lowest BCUT2D eigenvalue weighted by molar-refractivity contribution is -0.148. The fourth-order valence-corrected chi connectivity index (χ4v) is 4.79. The first-order valence-electron chi connectivity index (χ1n) is 14.7. The molecule has 0 spiro atoms. The molecule has 0 saturated heterocycles. The van der Waals surface area contributed by atoms with Gasteiger partial charge in [-0.3, -0.25) is 14.4 Å². The summed E-state index contributed by atoms with van der Waals surface area (Å²) in [5.74, 6) is -1.26. The Morgan fingerprint density at radius 2 is 1.81 bits per heavy atom. The predicted octanol–water partition coefficient (Wildman–Crippen LogP) is 4.66. The number of nitrogens with zero attached hydrogens (tertiary/aromatic N) is 1. The minimum Gasteiger partial charge on any atom is -0.508 e. The van der Waals surface area contributed by atoms with E-state index in [1.165, 1.54) is 12.1 Å². The molecule has 0 bridgehead atoms. The van der Waals surface area contributed by atoms with Crippen molar-refractivity contribution in [1.82, 2.24) is 15.5 Å². The van der Waals surface area contributed by atoms with Crippen molar-refractivity contribution in [2.45, 2.75) is 83.5 Å². The lowest BCUT2D eigenvalue weighted by atomic mass is 9.87. The number of rotatable bonds is 13. The zero-order chi connectivity index (χ0) is 31.6. The van der Waals surface area contributed by atoms with Gasteiger partial charge in [0.1, 0.15) is 23.4 Å². The van der Waals surface area contributed by atoms with Crippen molar-refractivity contribution in [3.05, 3.63) is 71.8 Å². The van der Waals surface area contributed by atoms with Crippen LogP contribution in [0.4, 0.5) is 4.79 Å². The molecule has 232 valence electrons. The zero-order valence-corrected chi connectivity index (χ0v) is 25.4. The highest BCUT2D eigenvalue weighted by atomic mass is 16.6. The molecule has 10 nitrogen and oxygen atoms in total. The minimum atomic E-state index is -1.07. The Bertz CT molecular complexity index is 1280. The Hall–Kier alpha value is -4.34. The molecule has 3 N–H and O–H groups in total. The number of hydrogen-bond donors (Lipinski definition) is 3. The third-order valence-corrected chi connectivity index (χ3v) is 7.01. The third-order valence-electron chi connectivity index (χ3n) is 7.01. The van der Waals surface area contributed by atoms with Crippen LogP contribution in [-0.2, 0) is 30.3 Å². The molecule has 1 fully saturated rings. The first-order chi connectivity index (χ1) is 20.4. The van der Waals surface area contributed by atoms with E-state index in [1.54, 1.807) is 69.0 Å². The molecule has 2 unspecified atom stereocenters. The van der Waals surface area contributed by atoms with Crippen LogP contribution in [0.5, 0.6) is 5.75 Å². The van der Waals surface area contributed by atoms with Crippen LogP contribution in [-0.4, -0.2) is 64.7 Å². The lowest BCUT2D eigenvalue weighted by Gasteiger charge is -2.43. The summed E-state index contributed by atoms with van der Waals surface area (Å²) in [5, 5.41) is 15.3. The van der Waals surface area contributed by atoms with Gasteiger partial charge >= 0.3 is 12.1 Å². The molecule has 1 aliphatic rings. The van der Waals surface area contributed by atoms with Crippen molar-refractivity contribution in [3.63, 3.8) is 0 Å². The molecule has 10 heteroatoms. The summed E-state index contributed by atoms with van der Waals surface area (Å²) in [6.07, 6.45) is 3.26. The summed E-state index contributed by atoms with van der Waals surface area (Å²) in [6.45, 7) is 11.0. The van der Waals surface area contributed by atoms with E-state index in [4.69, 9.17) is 9.47 Å². The van der Waals surface area contributed by atoms with Crippen LogP contribution in [0.2, 0.25) is 0 Å². The Kier molecular flexibility index (Phi) is 11.7. The van der Waals surface area contributed by atoms with Crippen LogP contribution < -0.4 is 10.6 Å². The van der Waals surface area contributed by atoms with Gasteiger partial charge in [-0.25, -0.2) is 4.79 Å². The molecule has 3 rings (SSSR count). The average Bonchev–Trinajstić information content (AvgIpc) is 2.91. The number of nitrogens with one attached hydrogen (secondary N) is 2. The van der Waals surface area contributed by atoms with Crippen molar-refractivity contribution in [1.29, 1.82) is 0 Å². The van der Waals surface area contributed by atoms with Gasteiger partial charge in [-0.15, -0.1) is 0 Å². The van der Waals surface area contributed by atoms with Gasteiger partial charge in [0.25, 0.3) is 0 Å². The Balaban J connectivity index is 2.01. The van der Waals surface area contributed by atoms with Crippen molar-refractivity contribution >= 4 is 30.0 Å². The molecule has 1 aliphatic carbocycles. The molecule has 3 amide bonds. The van der Waals surface area contributed by atoms with Gasteiger partial charge in [-0.2, -0.15) is 0 Å². The normalized spacial score (nSPS) is 14.4. The van der Waals surface area contributed by atoms with E-state index in [2.05, 4.69) is 17.2 Å². The number of alkyl carbamates (subject to hydrolysis) is 1. The van der Waals surface area contributed by atoms with Crippen LogP contribution in [0.1, 0.15) is 76.1 Å². The van der Waals surface area contributed by atoms with Gasteiger partial charge in [0, 0.05) is 19.0 Å². The molecule has 1 saturated carbocycles. The van der Waals surface area contributed by atoms with E-state index < -0.39 is 41.6 Å². The van der Waals surface area contributed by atoms with Crippen molar-refractivity contribution in [3.8, 4) is 5.75 Å². The van der Waals surface area contributed by atoms with Crippen LogP contribution >= 0.6 is 0 Å². The van der Waals surface area contributed by atoms with E-state index in [1.807, 2.05) is 6.07 Å². The molecule has 0 aliphatic heterocycles. The van der Waals surface area contributed by atoms with E-state index in [-0.39, 0.29) is 37.8 Å². The Morgan fingerprint density at radius 1 is 1.12 bits per heavy atom. The second-order valence-electron chi connectivity index (χ2n) is 11.5. The smallest absolute Gasteiger partial charge is 0.408 e. The molecule has 43 heavy (non-hydrogen) atoms. The number of aromatic hydroxyl groups is 1. The van der Waals surface area contributed by atoms with Crippen molar-refractivity contribution in [2.24, 2.45) is 0 Å². The SMILES string of the molecule is C=Cc1cccc(C(C(=O)NCCC(=O)OCC)N(C(=O)C(Cc2ccc(O)cc2)NC(=O)OC(C)(C)C)C2CCC2)c1. The maximum atomic E-state index is 14.5. The van der Waals surface area contributed by atoms with E-state index in [0.29, 0.717) is 24.0 Å². The highest BCUT2D eigenvalue weighted by molar-refractivity contribution is 5.93. The number of hydrogen-bond acceptors (Lipinski definition) is 7. The monoisotopic (exact) mass is 593 g/mol. The molecule has 0 aromatic heterocycles. The number of esters is 1. The van der Waals surface area contributed by atoms with Gasteiger partial charge in [0.05, 0.1) is 13.0 Å². The highest BCUT2D eigenvalue weighted by Gasteiger charge is 2.42. The average molecular weight is 594 g/mol. The molecule has 2 aromatic rings. The fraction of sp³-hybridized carbons (Fsp3) is 0.455. The topological polar surface area (TPSA) is 134 Å². The summed E-state index contributed by atoms with van der Waals surface area (Å²) in [4.78, 5) is 54.8. The van der Waals surface area contributed by atoms with Crippen molar-refractivity contribution < 1.29 is 33.8 Å². The molecule has 2 aromatic carbocycles. The van der Waals surface area contributed by atoms with Crippen LogP contribution in [0, 0.1) is 0 Å². The summed E-state index contributed by atoms with van der Waals surface area (Å²) in [5.41, 5.74) is 1.25. The maximum Gasteiger partial charge on any atom is 0.408 e. The van der Waals surface area contributed by atoms with Gasteiger partial charge < -0.3 is 30.1 Å². The minimum absolute atomic E-state index is 0.0138. The van der Waals surface area contributed by atoms with E-state index >= 15 is 0 Å². The van der Waals surface area contributed by atoms with Gasteiger partial charge in [0.2, 0.25) is 11.8 Å². The molecule has 0 radical (unpaired) electrons. The summed E-state index contributed by atoms with van der Waals surface area (Å²) in [6, 6.07) is 11.2. The highest BCUT2D eigenvalue weighted by Crippen LogP contribution is 2.34. The Labute approximate surface area is 253 Å². The predicted molar refractivity (Wildman–Crippen MR) is 163 cm³/mol. The molecule has 0 heterocycles. The number of carbonyl (C=O) groups excluding carboxylic acids is 4.